The molecule has 0 aliphatic heterocycles. The summed E-state index contributed by atoms with van der Waals surface area (Å²) in [4.78, 5) is 0. The third-order valence-electron chi connectivity index (χ3n) is 1.29. The van der Waals surface area contributed by atoms with E-state index in [9.17, 15) is 0 Å². The van der Waals surface area contributed by atoms with Crippen molar-refractivity contribution in [1.82, 2.24) is 0 Å². The van der Waals surface area contributed by atoms with E-state index >= 15 is 0 Å². The van der Waals surface area contributed by atoms with Crippen molar-refractivity contribution >= 4 is 0 Å². The first-order valence-electron chi connectivity index (χ1n) is 2.95. The molecule has 1 aromatic rings. The smallest absolute Gasteiger partial charge is 0.123 e. The second-order valence-electron chi connectivity index (χ2n) is 2.02. The van der Waals surface area contributed by atoms with Gasteiger partial charge < -0.3 is 15.9 Å². The van der Waals surface area contributed by atoms with Gasteiger partial charge in [-0.3, -0.25) is 0 Å². The normalized spacial score (nSPS) is 9.70. The zero-order valence-electron chi connectivity index (χ0n) is 5.41. The van der Waals surface area contributed by atoms with Gasteiger partial charge in [-0.25, -0.2) is 0 Å². The second-order valence-corrected chi connectivity index (χ2v) is 2.02. The van der Waals surface area contributed by atoms with E-state index in [1.165, 1.54) is 12.1 Å². The van der Waals surface area contributed by atoms with Gasteiger partial charge in [0.2, 0.25) is 0 Å². The van der Waals surface area contributed by atoms with Crippen molar-refractivity contribution in [1.29, 1.82) is 0 Å². The van der Waals surface area contributed by atoms with Crippen LogP contribution >= 0.6 is 0 Å². The number of nitrogens with two attached hydrogens (primary N) is 1. The van der Waals surface area contributed by atoms with Gasteiger partial charge in [0, 0.05) is 18.2 Å². The number of aromatic hydroxyl groups is 2. The highest BCUT2D eigenvalue weighted by Gasteiger charge is 1.97. The molecule has 0 amide bonds. The first kappa shape index (κ1) is 6.89. The first-order valence-corrected chi connectivity index (χ1v) is 2.95. The van der Waals surface area contributed by atoms with E-state index in [4.69, 9.17) is 15.9 Å². The van der Waals surface area contributed by atoms with Crippen LogP contribution in [0.3, 0.4) is 0 Å². The average Bonchev–Trinajstić information content (AvgIpc) is 1.88. The van der Waals surface area contributed by atoms with Gasteiger partial charge in [0.1, 0.15) is 11.5 Å². The second kappa shape index (κ2) is 2.58. The van der Waals surface area contributed by atoms with E-state index in [0.29, 0.717) is 5.56 Å². The van der Waals surface area contributed by atoms with E-state index in [-0.39, 0.29) is 18.0 Å². The third kappa shape index (κ3) is 1.19. The molecule has 3 heteroatoms. The van der Waals surface area contributed by atoms with Crippen LogP contribution in [0.25, 0.3) is 0 Å². The van der Waals surface area contributed by atoms with Crippen molar-refractivity contribution in [2.24, 2.45) is 5.73 Å². The lowest BCUT2D eigenvalue weighted by Crippen LogP contribution is -1.95. The van der Waals surface area contributed by atoms with Crippen molar-refractivity contribution in [3.8, 4) is 11.5 Å². The molecule has 0 aromatic heterocycles. The molecule has 0 atom stereocenters. The molecule has 0 bridgehead atoms. The molecular formula is C7H9NO2. The summed E-state index contributed by atoms with van der Waals surface area (Å²) in [7, 11) is 0. The van der Waals surface area contributed by atoms with Crippen LogP contribution in [-0.4, -0.2) is 10.2 Å². The van der Waals surface area contributed by atoms with Crippen LogP contribution in [0.2, 0.25) is 0 Å². The monoisotopic (exact) mass is 139 g/mol. The van der Waals surface area contributed by atoms with Gasteiger partial charge in [0.25, 0.3) is 0 Å². The molecule has 0 spiro atoms. The lowest BCUT2D eigenvalue weighted by molar-refractivity contribution is 0.446. The van der Waals surface area contributed by atoms with Crippen molar-refractivity contribution in [2.75, 3.05) is 0 Å². The molecular weight excluding hydrogens is 130 g/mol. The zero-order chi connectivity index (χ0) is 7.56. The fourth-order valence-corrected chi connectivity index (χ4v) is 0.725. The van der Waals surface area contributed by atoms with Gasteiger partial charge in [0.05, 0.1) is 0 Å². The lowest BCUT2D eigenvalue weighted by atomic mass is 10.2. The van der Waals surface area contributed by atoms with Crippen molar-refractivity contribution in [3.63, 3.8) is 0 Å². The number of phenolic OH excluding ortho intramolecular Hbond substituents is 2. The average molecular weight is 139 g/mol. The molecule has 0 aliphatic carbocycles. The topological polar surface area (TPSA) is 66.5 Å². The molecule has 0 saturated carbocycles. The van der Waals surface area contributed by atoms with Crippen LogP contribution in [0.5, 0.6) is 11.5 Å². The molecule has 4 N–H and O–H groups in total. The minimum Gasteiger partial charge on any atom is -0.508 e. The highest BCUT2D eigenvalue weighted by Crippen LogP contribution is 2.21. The Kier molecular flexibility index (Phi) is 1.78. The van der Waals surface area contributed by atoms with Crippen molar-refractivity contribution in [3.05, 3.63) is 23.8 Å². The van der Waals surface area contributed by atoms with Crippen LogP contribution in [0.4, 0.5) is 0 Å². The maximum atomic E-state index is 9.05. The maximum absolute atomic E-state index is 9.05. The van der Waals surface area contributed by atoms with E-state index in [1.54, 1.807) is 6.07 Å². The van der Waals surface area contributed by atoms with Crippen LogP contribution in [0.1, 0.15) is 5.56 Å². The summed E-state index contributed by atoms with van der Waals surface area (Å²) in [5, 5.41) is 17.9. The predicted molar refractivity (Wildman–Crippen MR) is 37.7 cm³/mol. The van der Waals surface area contributed by atoms with Crippen LogP contribution in [0, 0.1) is 0 Å². The van der Waals surface area contributed by atoms with Gasteiger partial charge in [-0.1, -0.05) is 6.07 Å². The van der Waals surface area contributed by atoms with E-state index in [0.717, 1.165) is 0 Å². The SMILES string of the molecule is NCc1ccc(O)cc1O. The first-order chi connectivity index (χ1) is 4.74. The van der Waals surface area contributed by atoms with E-state index in [1.807, 2.05) is 0 Å². The van der Waals surface area contributed by atoms with Crippen LogP contribution < -0.4 is 5.73 Å². The van der Waals surface area contributed by atoms with Crippen molar-refractivity contribution < 1.29 is 10.2 Å². The Morgan fingerprint density at radius 1 is 1.30 bits per heavy atom. The molecule has 54 valence electrons. The Bertz CT molecular complexity index is 235. The molecule has 0 saturated heterocycles. The number of hydrogen-bond donors (Lipinski definition) is 3. The number of benzene rings is 1. The van der Waals surface area contributed by atoms with Gasteiger partial charge in [-0.15, -0.1) is 0 Å². The standard InChI is InChI=1S/C7H9NO2/c8-4-5-1-2-6(9)3-7(5)10/h1-3,9-10H,4,8H2. The summed E-state index contributed by atoms with van der Waals surface area (Å²) in [6, 6.07) is 4.34. The van der Waals surface area contributed by atoms with Crippen LogP contribution in [0.15, 0.2) is 18.2 Å². The predicted octanol–water partition coefficient (Wildman–Crippen LogP) is 0.556. The lowest BCUT2D eigenvalue weighted by Gasteiger charge is -1.99. The Balaban J connectivity index is 3.07. The number of rotatable bonds is 1. The summed E-state index contributed by atoms with van der Waals surface area (Å²) in [6.07, 6.45) is 0. The Labute approximate surface area is 58.7 Å². The molecule has 3 nitrogen and oxygen atoms in total. The maximum Gasteiger partial charge on any atom is 0.123 e. The van der Waals surface area contributed by atoms with Gasteiger partial charge in [-0.05, 0) is 6.07 Å². The Hall–Kier alpha value is -1.22. The summed E-state index contributed by atoms with van der Waals surface area (Å²) < 4.78 is 0. The molecule has 1 aromatic carbocycles. The Morgan fingerprint density at radius 3 is 2.50 bits per heavy atom. The number of phenols is 2. The van der Waals surface area contributed by atoms with Gasteiger partial charge in [-0.2, -0.15) is 0 Å². The van der Waals surface area contributed by atoms with Crippen LogP contribution in [-0.2, 0) is 6.54 Å². The van der Waals surface area contributed by atoms with E-state index < -0.39 is 0 Å². The summed E-state index contributed by atoms with van der Waals surface area (Å²) in [5.41, 5.74) is 5.90. The largest absolute Gasteiger partial charge is 0.508 e. The van der Waals surface area contributed by atoms with Gasteiger partial charge >= 0.3 is 0 Å². The molecule has 1 rings (SSSR count). The molecule has 0 unspecified atom stereocenters. The summed E-state index contributed by atoms with van der Waals surface area (Å²) in [5.74, 6) is 0.0946. The minimum absolute atomic E-state index is 0.0440. The third-order valence-corrected chi connectivity index (χ3v) is 1.29. The molecule has 0 radical (unpaired) electrons. The summed E-state index contributed by atoms with van der Waals surface area (Å²) in [6.45, 7) is 0.284. The zero-order valence-corrected chi connectivity index (χ0v) is 5.41. The highest BCUT2D eigenvalue weighted by atomic mass is 16.3. The van der Waals surface area contributed by atoms with Crippen molar-refractivity contribution in [2.45, 2.75) is 6.54 Å². The molecule has 10 heavy (non-hydrogen) atoms. The minimum atomic E-state index is 0.0440. The fourth-order valence-electron chi connectivity index (χ4n) is 0.725. The fraction of sp³-hybridized carbons (Fsp3) is 0.143. The quantitative estimate of drug-likeness (QED) is 0.532. The summed E-state index contributed by atoms with van der Waals surface area (Å²) >= 11 is 0. The highest BCUT2D eigenvalue weighted by molar-refractivity contribution is 5.38. The van der Waals surface area contributed by atoms with Gasteiger partial charge in [0.15, 0.2) is 0 Å². The molecule has 0 heterocycles. The molecule has 0 aliphatic rings. The molecule has 0 fully saturated rings. The Morgan fingerprint density at radius 2 is 2.00 bits per heavy atom. The van der Waals surface area contributed by atoms with E-state index in [2.05, 4.69) is 0 Å². The number of hydrogen-bond acceptors (Lipinski definition) is 3.